The number of anilines is 1. The van der Waals surface area contributed by atoms with Crippen LogP contribution in [0.4, 0.5) is 5.69 Å². The van der Waals surface area contributed by atoms with Crippen molar-refractivity contribution in [2.24, 2.45) is 5.92 Å². The van der Waals surface area contributed by atoms with Gasteiger partial charge < -0.3 is 10.6 Å². The highest BCUT2D eigenvalue weighted by atomic mass is 16.1. The van der Waals surface area contributed by atoms with E-state index in [-0.39, 0.29) is 11.7 Å². The van der Waals surface area contributed by atoms with Crippen molar-refractivity contribution in [2.75, 3.05) is 26.4 Å². The topological polar surface area (TPSA) is 46.3 Å². The number of nitrogens with two attached hydrogens (primary N) is 1. The maximum Gasteiger partial charge on any atom is 0.167 e. The molecule has 1 aromatic rings. The van der Waals surface area contributed by atoms with E-state index in [1.807, 2.05) is 38.1 Å². The summed E-state index contributed by atoms with van der Waals surface area (Å²) in [6.07, 6.45) is 0. The molecule has 0 spiro atoms. The van der Waals surface area contributed by atoms with Gasteiger partial charge in [-0.3, -0.25) is 4.79 Å². The molecule has 0 aliphatic carbocycles. The van der Waals surface area contributed by atoms with E-state index in [1.54, 1.807) is 12.1 Å². The van der Waals surface area contributed by atoms with Gasteiger partial charge in [-0.15, -0.1) is 0 Å². The summed E-state index contributed by atoms with van der Waals surface area (Å²) in [6, 6.07) is 7.14. The smallest absolute Gasteiger partial charge is 0.167 e. The number of carbonyl (C=O) groups is 1. The predicted molar refractivity (Wildman–Crippen MR) is 62.9 cm³/mol. The van der Waals surface area contributed by atoms with Crippen LogP contribution in [0.15, 0.2) is 24.3 Å². The number of ketones is 1. The highest BCUT2D eigenvalue weighted by Gasteiger charge is 2.15. The summed E-state index contributed by atoms with van der Waals surface area (Å²) in [7, 11) is 3.92. The van der Waals surface area contributed by atoms with Gasteiger partial charge in [-0.2, -0.15) is 0 Å². The second-order valence-electron chi connectivity index (χ2n) is 4.15. The van der Waals surface area contributed by atoms with Crippen LogP contribution in [0.1, 0.15) is 17.3 Å². The lowest BCUT2D eigenvalue weighted by Crippen LogP contribution is -2.25. The highest BCUT2D eigenvalue weighted by molar-refractivity contribution is 5.98. The molecule has 1 rings (SSSR count). The summed E-state index contributed by atoms with van der Waals surface area (Å²) in [5.41, 5.74) is 6.97. The van der Waals surface area contributed by atoms with Gasteiger partial charge in [0.15, 0.2) is 5.78 Å². The Morgan fingerprint density at radius 3 is 2.67 bits per heavy atom. The van der Waals surface area contributed by atoms with Gasteiger partial charge in [-0.1, -0.05) is 19.1 Å². The van der Waals surface area contributed by atoms with Crippen LogP contribution in [0.3, 0.4) is 0 Å². The summed E-state index contributed by atoms with van der Waals surface area (Å²) >= 11 is 0. The van der Waals surface area contributed by atoms with Crippen LogP contribution < -0.4 is 5.73 Å². The molecular formula is C12H18N2O. The van der Waals surface area contributed by atoms with Gasteiger partial charge >= 0.3 is 0 Å². The zero-order chi connectivity index (χ0) is 11.4. The zero-order valence-corrected chi connectivity index (χ0v) is 9.53. The molecule has 1 atom stereocenters. The largest absolute Gasteiger partial charge is 0.399 e. The van der Waals surface area contributed by atoms with E-state index in [0.717, 1.165) is 6.54 Å². The minimum Gasteiger partial charge on any atom is -0.399 e. The Balaban J connectivity index is 2.76. The first kappa shape index (κ1) is 11.7. The van der Waals surface area contributed by atoms with Crippen molar-refractivity contribution >= 4 is 11.5 Å². The number of carbonyl (C=O) groups excluding carboxylic acids is 1. The highest BCUT2D eigenvalue weighted by Crippen LogP contribution is 2.12. The number of nitrogen functional groups attached to an aromatic ring is 1. The molecular weight excluding hydrogens is 188 g/mol. The van der Waals surface area contributed by atoms with Crippen LogP contribution in [0.25, 0.3) is 0 Å². The van der Waals surface area contributed by atoms with Crippen molar-refractivity contribution in [3.05, 3.63) is 29.8 Å². The molecule has 0 aromatic heterocycles. The monoisotopic (exact) mass is 206 g/mol. The van der Waals surface area contributed by atoms with Crippen LogP contribution in [-0.4, -0.2) is 31.3 Å². The van der Waals surface area contributed by atoms with Crippen molar-refractivity contribution in [2.45, 2.75) is 6.92 Å². The first-order valence-electron chi connectivity index (χ1n) is 5.05. The fourth-order valence-electron chi connectivity index (χ4n) is 1.61. The van der Waals surface area contributed by atoms with Gasteiger partial charge in [0.1, 0.15) is 0 Å². The van der Waals surface area contributed by atoms with E-state index in [0.29, 0.717) is 11.3 Å². The van der Waals surface area contributed by atoms with Crippen molar-refractivity contribution in [3.63, 3.8) is 0 Å². The average molecular weight is 206 g/mol. The Morgan fingerprint density at radius 2 is 2.13 bits per heavy atom. The van der Waals surface area contributed by atoms with Gasteiger partial charge in [0, 0.05) is 23.7 Å². The first-order valence-corrected chi connectivity index (χ1v) is 5.05. The minimum atomic E-state index is 0.00167. The molecule has 0 aliphatic rings. The van der Waals surface area contributed by atoms with Crippen LogP contribution in [-0.2, 0) is 0 Å². The lowest BCUT2D eigenvalue weighted by atomic mass is 9.99. The Labute approximate surface area is 90.9 Å². The van der Waals surface area contributed by atoms with E-state index < -0.39 is 0 Å². The van der Waals surface area contributed by atoms with E-state index in [1.165, 1.54) is 0 Å². The van der Waals surface area contributed by atoms with Gasteiger partial charge in [-0.05, 0) is 26.2 Å². The molecule has 82 valence electrons. The van der Waals surface area contributed by atoms with Gasteiger partial charge in [-0.25, -0.2) is 0 Å². The van der Waals surface area contributed by atoms with Crippen LogP contribution in [0, 0.1) is 5.92 Å². The molecule has 1 aromatic carbocycles. The summed E-state index contributed by atoms with van der Waals surface area (Å²) in [4.78, 5) is 14.0. The van der Waals surface area contributed by atoms with Crippen molar-refractivity contribution in [3.8, 4) is 0 Å². The molecule has 2 N–H and O–H groups in total. The molecule has 0 unspecified atom stereocenters. The predicted octanol–water partition coefficient (Wildman–Crippen LogP) is 1.65. The SMILES string of the molecule is C[C@H](CN(C)C)C(=O)c1cccc(N)c1. The molecule has 0 bridgehead atoms. The molecule has 15 heavy (non-hydrogen) atoms. The standard InChI is InChI=1S/C12H18N2O/c1-9(8-14(2)3)12(15)10-5-4-6-11(13)7-10/h4-7,9H,8,13H2,1-3H3/t9-/m1/s1. The van der Waals surface area contributed by atoms with E-state index >= 15 is 0 Å². The number of Topliss-reactive ketones (excluding diaryl/α,β-unsaturated/α-hetero) is 1. The Hall–Kier alpha value is -1.35. The van der Waals surface area contributed by atoms with Crippen molar-refractivity contribution in [1.29, 1.82) is 0 Å². The quantitative estimate of drug-likeness (QED) is 0.602. The first-order chi connectivity index (χ1) is 7.00. The summed E-state index contributed by atoms with van der Waals surface area (Å²) in [5, 5.41) is 0. The van der Waals surface area contributed by atoms with Crippen LogP contribution >= 0.6 is 0 Å². The van der Waals surface area contributed by atoms with Gasteiger partial charge in [0.2, 0.25) is 0 Å². The maximum atomic E-state index is 12.0. The summed E-state index contributed by atoms with van der Waals surface area (Å²) in [6.45, 7) is 2.69. The fourth-order valence-corrected chi connectivity index (χ4v) is 1.61. The van der Waals surface area contributed by atoms with Crippen LogP contribution in [0.5, 0.6) is 0 Å². The number of hydrogen-bond acceptors (Lipinski definition) is 3. The minimum absolute atomic E-state index is 0.00167. The summed E-state index contributed by atoms with van der Waals surface area (Å²) in [5.74, 6) is 0.151. The molecule has 0 fully saturated rings. The normalized spacial score (nSPS) is 12.8. The molecule has 3 nitrogen and oxygen atoms in total. The zero-order valence-electron chi connectivity index (χ0n) is 9.53. The molecule has 0 saturated carbocycles. The number of hydrogen-bond donors (Lipinski definition) is 1. The lowest BCUT2D eigenvalue weighted by molar-refractivity contribution is 0.0910. The molecule has 3 heteroatoms. The number of rotatable bonds is 4. The van der Waals surface area contributed by atoms with E-state index in [4.69, 9.17) is 5.73 Å². The maximum absolute atomic E-state index is 12.0. The third kappa shape index (κ3) is 3.36. The molecule has 0 aliphatic heterocycles. The summed E-state index contributed by atoms with van der Waals surface area (Å²) < 4.78 is 0. The average Bonchev–Trinajstić information content (AvgIpc) is 2.15. The number of nitrogens with zero attached hydrogens (tertiary/aromatic N) is 1. The molecule has 0 radical (unpaired) electrons. The van der Waals surface area contributed by atoms with E-state index in [9.17, 15) is 4.79 Å². The Bertz CT molecular complexity index is 347. The third-order valence-electron chi connectivity index (χ3n) is 2.26. The van der Waals surface area contributed by atoms with E-state index in [2.05, 4.69) is 0 Å². The lowest BCUT2D eigenvalue weighted by Gasteiger charge is -2.15. The van der Waals surface area contributed by atoms with Gasteiger partial charge in [0.25, 0.3) is 0 Å². The Kier molecular flexibility index (Phi) is 3.86. The second kappa shape index (κ2) is 4.94. The van der Waals surface area contributed by atoms with Gasteiger partial charge in [0.05, 0.1) is 0 Å². The van der Waals surface area contributed by atoms with Crippen LogP contribution in [0.2, 0.25) is 0 Å². The fraction of sp³-hybridized carbons (Fsp3) is 0.417. The van der Waals surface area contributed by atoms with Crippen molar-refractivity contribution < 1.29 is 4.79 Å². The molecule has 0 heterocycles. The molecule has 0 saturated heterocycles. The molecule has 0 amide bonds. The number of benzene rings is 1. The van der Waals surface area contributed by atoms with Crippen molar-refractivity contribution in [1.82, 2.24) is 4.90 Å². The Morgan fingerprint density at radius 1 is 1.47 bits per heavy atom. The second-order valence-corrected chi connectivity index (χ2v) is 4.15. The third-order valence-corrected chi connectivity index (χ3v) is 2.26.